The number of nitrogens with zero attached hydrogens (tertiary/aromatic N) is 2. The van der Waals surface area contributed by atoms with E-state index in [4.69, 9.17) is 9.84 Å². The highest BCUT2D eigenvalue weighted by molar-refractivity contribution is 5.68. The van der Waals surface area contributed by atoms with E-state index in [0.29, 0.717) is 31.6 Å². The molecule has 1 aromatic heterocycles. The van der Waals surface area contributed by atoms with E-state index in [1.54, 1.807) is 23.2 Å². The highest BCUT2D eigenvalue weighted by Crippen LogP contribution is 2.17. The molecule has 1 amide bonds. The summed E-state index contributed by atoms with van der Waals surface area (Å²) in [4.78, 5) is 18.4. The lowest BCUT2D eigenvalue weighted by molar-refractivity contribution is 0.0235. The minimum atomic E-state index is -0.596. The average Bonchev–Trinajstić information content (AvgIpc) is 2.59. The third-order valence-corrected chi connectivity index (χ3v) is 3.90. The predicted octanol–water partition coefficient (Wildman–Crippen LogP) is 3.30. The van der Waals surface area contributed by atoms with Gasteiger partial charge in [-0.25, -0.2) is 4.79 Å². The van der Waals surface area contributed by atoms with Crippen LogP contribution in [-0.4, -0.2) is 44.9 Å². The van der Waals surface area contributed by atoms with Crippen molar-refractivity contribution in [3.8, 4) is 5.75 Å². The number of aromatic hydroxyl groups is 1. The lowest BCUT2D eigenvalue weighted by Crippen LogP contribution is -2.37. The number of ether oxygens (including phenoxy) is 1. The molecule has 146 valence electrons. The summed E-state index contributed by atoms with van der Waals surface area (Å²) in [6.07, 6.45) is 2.20. The summed E-state index contributed by atoms with van der Waals surface area (Å²) >= 11 is 0. The molecule has 0 aliphatic rings. The molecule has 0 saturated heterocycles. The van der Waals surface area contributed by atoms with Crippen LogP contribution in [0.5, 0.6) is 5.75 Å². The summed E-state index contributed by atoms with van der Waals surface area (Å²) in [6.45, 7) is 6.31. The highest BCUT2D eigenvalue weighted by Gasteiger charge is 2.22. The molecule has 6 heteroatoms. The van der Waals surface area contributed by atoms with Gasteiger partial charge in [0.05, 0.1) is 5.69 Å². The van der Waals surface area contributed by atoms with Crippen molar-refractivity contribution in [2.45, 2.75) is 45.8 Å². The summed E-state index contributed by atoms with van der Waals surface area (Å²) in [5, 5.41) is 19.0. The van der Waals surface area contributed by atoms with Gasteiger partial charge in [0.25, 0.3) is 0 Å². The first-order valence-electron chi connectivity index (χ1n) is 9.08. The van der Waals surface area contributed by atoms with Crippen molar-refractivity contribution in [1.82, 2.24) is 9.88 Å². The van der Waals surface area contributed by atoms with Gasteiger partial charge in [-0.05, 0) is 50.5 Å². The molecule has 0 atom stereocenters. The molecule has 2 N–H and O–H groups in total. The van der Waals surface area contributed by atoms with Gasteiger partial charge in [-0.1, -0.05) is 24.3 Å². The lowest BCUT2D eigenvalue weighted by atomic mass is 10.1. The first-order chi connectivity index (χ1) is 12.8. The standard InChI is InChI=1S/C21H28N2O4/c1-21(2,3)27-20(26)23(12-9-18-19(25)8-5-11-22-18)15-17-7-4-6-16(14-17)10-13-24/h4-8,11,14,24-25H,9-10,12-13,15H2,1-3H3. The monoisotopic (exact) mass is 372 g/mol. The predicted molar refractivity (Wildman–Crippen MR) is 103 cm³/mol. The molecule has 0 aliphatic heterocycles. The van der Waals surface area contributed by atoms with Gasteiger partial charge in [0.15, 0.2) is 0 Å². The number of pyridine rings is 1. The minimum absolute atomic E-state index is 0.0815. The van der Waals surface area contributed by atoms with E-state index in [1.807, 2.05) is 45.0 Å². The van der Waals surface area contributed by atoms with E-state index < -0.39 is 11.7 Å². The molecule has 2 rings (SSSR count). The Morgan fingerprint density at radius 2 is 1.89 bits per heavy atom. The summed E-state index contributed by atoms with van der Waals surface area (Å²) in [5.74, 6) is 0.117. The molecule has 0 saturated carbocycles. The van der Waals surface area contributed by atoms with Crippen molar-refractivity contribution in [1.29, 1.82) is 0 Å². The fourth-order valence-electron chi connectivity index (χ4n) is 2.66. The maximum Gasteiger partial charge on any atom is 0.410 e. The number of benzene rings is 1. The molecule has 1 heterocycles. The summed E-state index contributed by atoms with van der Waals surface area (Å²) < 4.78 is 5.53. The van der Waals surface area contributed by atoms with Crippen molar-refractivity contribution >= 4 is 6.09 Å². The average molecular weight is 372 g/mol. The van der Waals surface area contributed by atoms with Crippen molar-refractivity contribution in [2.24, 2.45) is 0 Å². The van der Waals surface area contributed by atoms with Crippen LogP contribution in [0.4, 0.5) is 4.79 Å². The number of carbonyl (C=O) groups is 1. The van der Waals surface area contributed by atoms with E-state index in [2.05, 4.69) is 4.98 Å². The Balaban J connectivity index is 2.15. The molecule has 2 aromatic rings. The molecule has 0 spiro atoms. The van der Waals surface area contributed by atoms with Gasteiger partial charge in [-0.2, -0.15) is 0 Å². The van der Waals surface area contributed by atoms with Gasteiger partial charge < -0.3 is 19.8 Å². The first kappa shape index (κ1) is 20.7. The van der Waals surface area contributed by atoms with Gasteiger partial charge in [0.2, 0.25) is 0 Å². The van der Waals surface area contributed by atoms with Crippen LogP contribution in [0.2, 0.25) is 0 Å². The number of rotatable bonds is 7. The number of aliphatic hydroxyl groups is 1. The van der Waals surface area contributed by atoms with Gasteiger partial charge in [0.1, 0.15) is 11.4 Å². The van der Waals surface area contributed by atoms with E-state index in [1.165, 1.54) is 0 Å². The zero-order chi connectivity index (χ0) is 19.9. The quantitative estimate of drug-likeness (QED) is 0.779. The molecule has 0 radical (unpaired) electrons. The number of aromatic nitrogens is 1. The van der Waals surface area contributed by atoms with Crippen molar-refractivity contribution in [2.75, 3.05) is 13.2 Å². The van der Waals surface area contributed by atoms with Crippen LogP contribution in [0, 0.1) is 0 Å². The first-order valence-corrected chi connectivity index (χ1v) is 9.08. The summed E-state index contributed by atoms with van der Waals surface area (Å²) in [6, 6.07) is 11.0. The second kappa shape index (κ2) is 9.37. The number of aliphatic hydroxyl groups excluding tert-OH is 1. The van der Waals surface area contributed by atoms with Gasteiger partial charge in [-0.3, -0.25) is 4.98 Å². The third-order valence-electron chi connectivity index (χ3n) is 3.90. The molecule has 0 aliphatic carbocycles. The molecule has 0 bridgehead atoms. The molecule has 0 fully saturated rings. The number of hydrogen-bond donors (Lipinski definition) is 2. The van der Waals surface area contributed by atoms with Crippen LogP contribution >= 0.6 is 0 Å². The second-order valence-electron chi connectivity index (χ2n) is 7.41. The fourth-order valence-corrected chi connectivity index (χ4v) is 2.66. The molecular formula is C21H28N2O4. The Labute approximate surface area is 160 Å². The Hall–Kier alpha value is -2.60. The van der Waals surface area contributed by atoms with Crippen LogP contribution in [0.25, 0.3) is 0 Å². The van der Waals surface area contributed by atoms with Gasteiger partial charge >= 0.3 is 6.09 Å². The second-order valence-corrected chi connectivity index (χ2v) is 7.41. The molecule has 6 nitrogen and oxygen atoms in total. The largest absolute Gasteiger partial charge is 0.506 e. The van der Waals surface area contributed by atoms with Crippen LogP contribution < -0.4 is 0 Å². The smallest absolute Gasteiger partial charge is 0.410 e. The van der Waals surface area contributed by atoms with Crippen LogP contribution in [0.1, 0.15) is 37.6 Å². The number of carbonyl (C=O) groups excluding carboxylic acids is 1. The van der Waals surface area contributed by atoms with E-state index in [0.717, 1.165) is 11.1 Å². The molecule has 1 aromatic carbocycles. The van der Waals surface area contributed by atoms with Crippen LogP contribution in [0.15, 0.2) is 42.6 Å². The molecule has 0 unspecified atom stereocenters. The fraction of sp³-hybridized carbons (Fsp3) is 0.429. The summed E-state index contributed by atoms with van der Waals surface area (Å²) in [7, 11) is 0. The Morgan fingerprint density at radius 3 is 2.56 bits per heavy atom. The van der Waals surface area contributed by atoms with E-state index >= 15 is 0 Å². The number of amides is 1. The summed E-state index contributed by atoms with van der Waals surface area (Å²) in [5.41, 5.74) is 1.92. The van der Waals surface area contributed by atoms with E-state index in [9.17, 15) is 9.90 Å². The van der Waals surface area contributed by atoms with E-state index in [-0.39, 0.29) is 12.4 Å². The third kappa shape index (κ3) is 6.90. The Morgan fingerprint density at radius 1 is 1.15 bits per heavy atom. The maximum absolute atomic E-state index is 12.7. The van der Waals surface area contributed by atoms with Crippen LogP contribution in [-0.2, 0) is 24.1 Å². The van der Waals surface area contributed by atoms with Crippen LogP contribution in [0.3, 0.4) is 0 Å². The lowest BCUT2D eigenvalue weighted by Gasteiger charge is -2.27. The minimum Gasteiger partial charge on any atom is -0.506 e. The van der Waals surface area contributed by atoms with Gasteiger partial charge in [0, 0.05) is 32.3 Å². The number of hydrogen-bond acceptors (Lipinski definition) is 5. The SMILES string of the molecule is CC(C)(C)OC(=O)N(CCc1ncccc1O)Cc1cccc(CCO)c1. The normalized spacial score (nSPS) is 11.3. The van der Waals surface area contributed by atoms with Gasteiger partial charge in [-0.15, -0.1) is 0 Å². The topological polar surface area (TPSA) is 82.9 Å². The molecular weight excluding hydrogens is 344 g/mol. The molecule has 27 heavy (non-hydrogen) atoms. The van der Waals surface area contributed by atoms with Crippen molar-refractivity contribution in [3.05, 3.63) is 59.4 Å². The van der Waals surface area contributed by atoms with Crippen molar-refractivity contribution in [3.63, 3.8) is 0 Å². The maximum atomic E-state index is 12.7. The Bertz CT molecular complexity index is 756. The highest BCUT2D eigenvalue weighted by atomic mass is 16.6. The Kier molecular flexibility index (Phi) is 7.19. The zero-order valence-corrected chi connectivity index (χ0v) is 16.2. The zero-order valence-electron chi connectivity index (χ0n) is 16.2. The van der Waals surface area contributed by atoms with Crippen molar-refractivity contribution < 1.29 is 19.7 Å².